The first kappa shape index (κ1) is 16.8. The molecule has 0 aliphatic carbocycles. The van der Waals surface area contributed by atoms with Gasteiger partial charge in [0.05, 0.1) is 19.5 Å². The van der Waals surface area contributed by atoms with Gasteiger partial charge in [0, 0.05) is 5.56 Å². The molecule has 0 radical (unpaired) electrons. The lowest BCUT2D eigenvalue weighted by Crippen LogP contribution is -2.35. The standard InChI is InChI=1S/C14H16N4O4S/c1-8(12(19)16-14(20)22-3)23-13-15-11(17-18-13)9-4-6-10(21-2)7-5-9/h4-8H,1-3H3,(H,15,17,18)(H,16,19,20)/t8-/m1/s1. The summed E-state index contributed by atoms with van der Waals surface area (Å²) < 4.78 is 9.47. The van der Waals surface area contributed by atoms with Crippen LogP contribution in [0.2, 0.25) is 0 Å². The number of amides is 2. The zero-order chi connectivity index (χ0) is 16.8. The van der Waals surface area contributed by atoms with Gasteiger partial charge >= 0.3 is 6.09 Å². The number of benzene rings is 1. The third-order valence-corrected chi connectivity index (χ3v) is 3.85. The molecule has 122 valence electrons. The molecule has 2 N–H and O–H groups in total. The topological polar surface area (TPSA) is 106 Å². The van der Waals surface area contributed by atoms with Crippen LogP contribution in [0.25, 0.3) is 11.4 Å². The molecule has 2 amide bonds. The second-order valence-electron chi connectivity index (χ2n) is 4.44. The largest absolute Gasteiger partial charge is 0.497 e. The van der Waals surface area contributed by atoms with Gasteiger partial charge in [-0.15, -0.1) is 5.10 Å². The highest BCUT2D eigenvalue weighted by atomic mass is 32.2. The number of imide groups is 1. The van der Waals surface area contributed by atoms with E-state index in [0.717, 1.165) is 23.1 Å². The van der Waals surface area contributed by atoms with E-state index in [-0.39, 0.29) is 0 Å². The van der Waals surface area contributed by atoms with E-state index in [2.05, 4.69) is 25.2 Å². The second-order valence-corrected chi connectivity index (χ2v) is 5.74. The summed E-state index contributed by atoms with van der Waals surface area (Å²) in [6, 6.07) is 7.33. The van der Waals surface area contributed by atoms with Crippen LogP contribution in [0.3, 0.4) is 0 Å². The van der Waals surface area contributed by atoms with Crippen LogP contribution >= 0.6 is 11.8 Å². The van der Waals surface area contributed by atoms with E-state index in [1.165, 1.54) is 7.11 Å². The number of aromatic nitrogens is 3. The Morgan fingerprint density at radius 2 is 1.96 bits per heavy atom. The van der Waals surface area contributed by atoms with Crippen molar-refractivity contribution in [2.75, 3.05) is 14.2 Å². The summed E-state index contributed by atoms with van der Waals surface area (Å²) in [5.41, 5.74) is 0.844. The molecule has 1 atom stereocenters. The van der Waals surface area contributed by atoms with Gasteiger partial charge in [0.15, 0.2) is 5.82 Å². The first-order chi connectivity index (χ1) is 11.0. The van der Waals surface area contributed by atoms with Gasteiger partial charge in [-0.25, -0.2) is 9.78 Å². The molecule has 0 saturated carbocycles. The fourth-order valence-electron chi connectivity index (χ4n) is 1.64. The molecule has 0 bridgehead atoms. The second kappa shape index (κ2) is 7.63. The van der Waals surface area contributed by atoms with Crippen molar-refractivity contribution in [2.45, 2.75) is 17.3 Å². The SMILES string of the molecule is COC(=O)NC(=O)[C@@H](C)Sc1n[nH]c(-c2ccc(OC)cc2)n1. The predicted molar refractivity (Wildman–Crippen MR) is 84.2 cm³/mol. The van der Waals surface area contributed by atoms with E-state index in [4.69, 9.17) is 4.74 Å². The molecule has 1 aromatic heterocycles. The fraction of sp³-hybridized carbons (Fsp3) is 0.286. The number of carbonyl (C=O) groups is 2. The Morgan fingerprint density at radius 1 is 1.26 bits per heavy atom. The molecule has 8 nitrogen and oxygen atoms in total. The third-order valence-electron chi connectivity index (χ3n) is 2.89. The molecule has 2 aromatic rings. The zero-order valence-corrected chi connectivity index (χ0v) is 13.6. The molecule has 9 heteroatoms. The van der Waals surface area contributed by atoms with Crippen LogP contribution in [0.15, 0.2) is 29.4 Å². The van der Waals surface area contributed by atoms with E-state index < -0.39 is 17.3 Å². The molecule has 0 unspecified atom stereocenters. The van der Waals surface area contributed by atoms with Crippen LogP contribution in [-0.2, 0) is 9.53 Å². The molecule has 1 heterocycles. The number of ether oxygens (including phenoxy) is 2. The number of thioether (sulfide) groups is 1. The summed E-state index contributed by atoms with van der Waals surface area (Å²) in [5, 5.41) is 8.82. The summed E-state index contributed by atoms with van der Waals surface area (Å²) in [7, 11) is 2.79. The number of H-pyrrole nitrogens is 1. The number of nitrogens with one attached hydrogen (secondary N) is 2. The Bertz CT molecular complexity index is 686. The maximum atomic E-state index is 11.8. The molecule has 1 aromatic carbocycles. The van der Waals surface area contributed by atoms with Gasteiger partial charge in [0.1, 0.15) is 5.75 Å². The summed E-state index contributed by atoms with van der Waals surface area (Å²) in [4.78, 5) is 27.1. The molecule has 0 fully saturated rings. The van der Waals surface area contributed by atoms with Crippen molar-refractivity contribution in [2.24, 2.45) is 0 Å². The van der Waals surface area contributed by atoms with Crippen LogP contribution in [0, 0.1) is 0 Å². The van der Waals surface area contributed by atoms with E-state index in [0.29, 0.717) is 11.0 Å². The smallest absolute Gasteiger partial charge is 0.413 e. The number of methoxy groups -OCH3 is 2. The molecular formula is C14H16N4O4S. The van der Waals surface area contributed by atoms with Crippen LogP contribution < -0.4 is 10.1 Å². The van der Waals surface area contributed by atoms with Gasteiger partial charge < -0.3 is 9.47 Å². The van der Waals surface area contributed by atoms with Crippen molar-refractivity contribution in [1.29, 1.82) is 0 Å². The maximum absolute atomic E-state index is 11.8. The number of nitrogens with zero attached hydrogens (tertiary/aromatic N) is 2. The van der Waals surface area contributed by atoms with E-state index in [1.54, 1.807) is 14.0 Å². The van der Waals surface area contributed by atoms with E-state index in [1.807, 2.05) is 24.3 Å². The Labute approximate surface area is 137 Å². The van der Waals surface area contributed by atoms with E-state index in [9.17, 15) is 9.59 Å². The quantitative estimate of drug-likeness (QED) is 0.802. The Morgan fingerprint density at radius 3 is 2.57 bits per heavy atom. The lowest BCUT2D eigenvalue weighted by Gasteiger charge is -2.07. The molecule has 23 heavy (non-hydrogen) atoms. The summed E-state index contributed by atoms with van der Waals surface area (Å²) >= 11 is 1.13. The lowest BCUT2D eigenvalue weighted by atomic mass is 10.2. The molecule has 2 rings (SSSR count). The highest BCUT2D eigenvalue weighted by Gasteiger charge is 2.19. The number of alkyl carbamates (subject to hydrolysis) is 1. The van der Waals surface area contributed by atoms with Crippen LogP contribution in [0.1, 0.15) is 6.92 Å². The number of aromatic amines is 1. The van der Waals surface area contributed by atoms with Gasteiger partial charge in [-0.3, -0.25) is 15.2 Å². The monoisotopic (exact) mass is 336 g/mol. The summed E-state index contributed by atoms with van der Waals surface area (Å²) in [6.07, 6.45) is -0.795. The number of carbonyl (C=O) groups excluding carboxylic acids is 2. The summed E-state index contributed by atoms with van der Waals surface area (Å²) in [5.74, 6) is 0.851. The first-order valence-electron chi connectivity index (χ1n) is 6.65. The van der Waals surface area contributed by atoms with Gasteiger partial charge in [-0.05, 0) is 31.2 Å². The van der Waals surface area contributed by atoms with Crippen LogP contribution in [0.4, 0.5) is 4.79 Å². The number of rotatable bonds is 5. The van der Waals surface area contributed by atoms with Crippen molar-refractivity contribution in [1.82, 2.24) is 20.5 Å². The maximum Gasteiger partial charge on any atom is 0.413 e. The minimum Gasteiger partial charge on any atom is -0.497 e. The molecule has 0 saturated heterocycles. The first-order valence-corrected chi connectivity index (χ1v) is 7.53. The van der Waals surface area contributed by atoms with Crippen molar-refractivity contribution in [3.63, 3.8) is 0 Å². The van der Waals surface area contributed by atoms with Gasteiger partial charge in [-0.1, -0.05) is 11.8 Å². The molecule has 0 aliphatic heterocycles. The van der Waals surface area contributed by atoms with E-state index >= 15 is 0 Å². The number of hydrogen-bond acceptors (Lipinski definition) is 7. The van der Waals surface area contributed by atoms with Crippen molar-refractivity contribution in [3.05, 3.63) is 24.3 Å². The fourth-order valence-corrected chi connectivity index (χ4v) is 2.37. The van der Waals surface area contributed by atoms with Crippen molar-refractivity contribution < 1.29 is 19.1 Å². The predicted octanol–water partition coefficient (Wildman–Crippen LogP) is 1.84. The summed E-state index contributed by atoms with van der Waals surface area (Å²) in [6.45, 7) is 1.65. The molecule has 0 spiro atoms. The van der Waals surface area contributed by atoms with Gasteiger partial charge in [-0.2, -0.15) is 0 Å². The Kier molecular flexibility index (Phi) is 5.58. The van der Waals surface area contributed by atoms with Gasteiger partial charge in [0.25, 0.3) is 0 Å². The Hall–Kier alpha value is -2.55. The van der Waals surface area contributed by atoms with Crippen LogP contribution in [0.5, 0.6) is 5.75 Å². The van der Waals surface area contributed by atoms with Crippen molar-refractivity contribution >= 4 is 23.8 Å². The third kappa shape index (κ3) is 4.46. The minimum absolute atomic E-state index is 0.406. The Balaban J connectivity index is 2.01. The zero-order valence-electron chi connectivity index (χ0n) is 12.8. The van der Waals surface area contributed by atoms with Crippen LogP contribution in [-0.4, -0.2) is 46.7 Å². The normalized spacial score (nSPS) is 11.6. The van der Waals surface area contributed by atoms with Gasteiger partial charge in [0.2, 0.25) is 11.1 Å². The average molecular weight is 336 g/mol. The number of hydrogen-bond donors (Lipinski definition) is 2. The minimum atomic E-state index is -0.795. The molecule has 0 aliphatic rings. The van der Waals surface area contributed by atoms with Crippen molar-refractivity contribution in [3.8, 4) is 17.1 Å². The molecular weight excluding hydrogens is 320 g/mol. The highest BCUT2D eigenvalue weighted by molar-refractivity contribution is 8.00. The lowest BCUT2D eigenvalue weighted by molar-refractivity contribution is -0.119. The highest BCUT2D eigenvalue weighted by Crippen LogP contribution is 2.24. The average Bonchev–Trinajstić information content (AvgIpc) is 3.03.